The van der Waals surface area contributed by atoms with Crippen LogP contribution < -0.4 is 5.32 Å². The summed E-state index contributed by atoms with van der Waals surface area (Å²) in [5, 5.41) is 57.1. The normalized spacial score (nSPS) is 18.9. The zero-order valence-corrected chi connectivity index (χ0v) is 52.7. The molecule has 1 rings (SSSR count). The molecule has 0 aromatic carbocycles. The van der Waals surface area contributed by atoms with Gasteiger partial charge in [0.1, 0.15) is 24.4 Å². The van der Waals surface area contributed by atoms with Crippen molar-refractivity contribution in [1.29, 1.82) is 0 Å². The van der Waals surface area contributed by atoms with Crippen molar-refractivity contribution in [2.45, 2.75) is 372 Å². The van der Waals surface area contributed by atoms with Crippen LogP contribution in [0, 0.1) is 0 Å². The number of carbonyl (C=O) groups excluding carboxylic acids is 2. The third-order valence-corrected chi connectivity index (χ3v) is 16.2. The fourth-order valence-corrected chi connectivity index (χ4v) is 10.8. The summed E-state index contributed by atoms with van der Waals surface area (Å²) in [7, 11) is 0. The van der Waals surface area contributed by atoms with Gasteiger partial charge in [-0.05, 0) is 64.2 Å². The summed E-state index contributed by atoms with van der Waals surface area (Å²) in [5.41, 5.74) is 0. The topological polar surface area (TPSA) is 175 Å². The lowest BCUT2D eigenvalue weighted by atomic mass is 9.99. The maximum atomic E-state index is 13.4. The summed E-state index contributed by atoms with van der Waals surface area (Å²) in [6, 6.07) is -1.02. The Labute approximate surface area is 497 Å². The molecule has 1 aliphatic rings. The molecule has 8 unspecified atom stereocenters. The minimum absolute atomic E-state index is 0.123. The van der Waals surface area contributed by atoms with Crippen LogP contribution in [0.25, 0.3) is 0 Å². The van der Waals surface area contributed by atoms with Gasteiger partial charge in [0.2, 0.25) is 5.91 Å². The lowest BCUT2D eigenvalue weighted by Crippen LogP contribution is -2.61. The molecule has 1 saturated heterocycles. The number of aliphatic hydroxyl groups excluding tert-OH is 5. The zero-order chi connectivity index (χ0) is 58.9. The Morgan fingerprint density at radius 1 is 0.481 bits per heavy atom. The first-order valence-electron chi connectivity index (χ1n) is 34.4. The molecule has 0 radical (unpaired) electrons. The molecule has 8 atom stereocenters. The molecular formula is C70H129NO10. The van der Waals surface area contributed by atoms with E-state index >= 15 is 0 Å². The molecule has 81 heavy (non-hydrogen) atoms. The Kier molecular flexibility index (Phi) is 54.9. The van der Waals surface area contributed by atoms with E-state index < -0.39 is 67.4 Å². The van der Waals surface area contributed by atoms with Gasteiger partial charge in [0.05, 0.1) is 25.4 Å². The maximum absolute atomic E-state index is 13.4. The van der Waals surface area contributed by atoms with Gasteiger partial charge in [-0.1, -0.05) is 301 Å². The Morgan fingerprint density at radius 3 is 1.30 bits per heavy atom. The SMILES string of the molecule is CCCCC/C=C\C/C=C\C/C=C\CCCCCCCCCCCCCCC(=O)OC1C(OCC(NC(=O)C(O)CCCCCCCCCCCCCCCCCC)C(O)/C=C/CCCCCCCCCCC)OC(CO)C(O)C1O. The average molecular weight is 1140 g/mol. The predicted molar refractivity (Wildman–Crippen MR) is 338 cm³/mol. The van der Waals surface area contributed by atoms with Gasteiger partial charge in [-0.25, -0.2) is 0 Å². The van der Waals surface area contributed by atoms with Gasteiger partial charge in [0, 0.05) is 6.42 Å². The van der Waals surface area contributed by atoms with E-state index in [1.54, 1.807) is 6.08 Å². The number of aliphatic hydroxyl groups is 5. The number of esters is 1. The van der Waals surface area contributed by atoms with E-state index in [-0.39, 0.29) is 13.0 Å². The highest BCUT2D eigenvalue weighted by molar-refractivity contribution is 5.80. The Balaban J connectivity index is 2.55. The van der Waals surface area contributed by atoms with Crippen molar-refractivity contribution in [1.82, 2.24) is 5.32 Å². The van der Waals surface area contributed by atoms with Crippen molar-refractivity contribution in [3.63, 3.8) is 0 Å². The van der Waals surface area contributed by atoms with Gasteiger partial charge in [-0.3, -0.25) is 9.59 Å². The van der Waals surface area contributed by atoms with E-state index in [0.29, 0.717) is 19.3 Å². The summed E-state index contributed by atoms with van der Waals surface area (Å²) in [6.45, 7) is 5.79. The van der Waals surface area contributed by atoms with Crippen molar-refractivity contribution in [2.75, 3.05) is 13.2 Å². The average Bonchev–Trinajstić information content (AvgIpc) is 3.52. The number of allylic oxidation sites excluding steroid dienone is 7. The lowest BCUT2D eigenvalue weighted by molar-refractivity contribution is -0.305. The van der Waals surface area contributed by atoms with Crippen molar-refractivity contribution >= 4 is 11.9 Å². The molecule has 0 aromatic rings. The third kappa shape index (κ3) is 45.6. The molecule has 1 amide bonds. The highest BCUT2D eigenvalue weighted by Crippen LogP contribution is 2.26. The third-order valence-electron chi connectivity index (χ3n) is 16.2. The monoisotopic (exact) mass is 1140 g/mol. The zero-order valence-electron chi connectivity index (χ0n) is 52.7. The number of amides is 1. The highest BCUT2D eigenvalue weighted by atomic mass is 16.7. The Morgan fingerprint density at radius 2 is 0.852 bits per heavy atom. The maximum Gasteiger partial charge on any atom is 0.306 e. The number of hydrogen-bond donors (Lipinski definition) is 6. The quantitative estimate of drug-likeness (QED) is 0.0195. The molecule has 0 aliphatic carbocycles. The molecule has 1 fully saturated rings. The van der Waals surface area contributed by atoms with E-state index in [1.165, 1.54) is 205 Å². The standard InChI is InChI=1S/C70H129NO10/c1-4-7-10-13-16-19-22-24-26-28-29-30-31-32-33-34-35-36-38-40-43-46-49-52-55-58-65(75)81-68-67(77)66(76)64(59-72)80-70(68)79-60-61(62(73)56-53-50-47-44-41-21-18-15-12-9-6-3)71-69(78)63(74)57-54-51-48-45-42-39-37-27-25-23-20-17-14-11-8-5-2/h16,19,24,26,29-30,53,56,61-64,66-68,70,72-74,76-77H,4-15,17-18,20-23,25,27-28,31-52,54-55,57-60H2,1-3H3,(H,71,78)/b19-16-,26-24-,30-29-,56-53+. The van der Waals surface area contributed by atoms with Crippen molar-refractivity contribution < 1.29 is 49.3 Å². The van der Waals surface area contributed by atoms with E-state index in [1.807, 2.05) is 6.08 Å². The molecule has 0 spiro atoms. The highest BCUT2D eigenvalue weighted by Gasteiger charge is 2.47. The molecule has 1 aliphatic heterocycles. The molecule has 6 N–H and O–H groups in total. The number of unbranched alkanes of at least 4 members (excludes halogenated alkanes) is 39. The molecule has 0 bridgehead atoms. The summed E-state index contributed by atoms with van der Waals surface area (Å²) in [5.74, 6) is -1.18. The first kappa shape index (κ1) is 76.6. The van der Waals surface area contributed by atoms with Gasteiger partial charge in [0.15, 0.2) is 12.4 Å². The first-order valence-corrected chi connectivity index (χ1v) is 34.4. The van der Waals surface area contributed by atoms with E-state index in [0.717, 1.165) is 70.6 Å². The minimum Gasteiger partial charge on any atom is -0.454 e. The lowest BCUT2D eigenvalue weighted by Gasteiger charge is -2.41. The van der Waals surface area contributed by atoms with Gasteiger partial charge in [0.25, 0.3) is 0 Å². The first-order chi connectivity index (χ1) is 39.7. The molecule has 1 heterocycles. The van der Waals surface area contributed by atoms with E-state index in [2.05, 4.69) is 62.5 Å². The van der Waals surface area contributed by atoms with Gasteiger partial charge in [-0.2, -0.15) is 0 Å². The largest absolute Gasteiger partial charge is 0.454 e. The van der Waals surface area contributed by atoms with Gasteiger partial charge >= 0.3 is 5.97 Å². The number of hydrogen-bond acceptors (Lipinski definition) is 10. The number of ether oxygens (including phenoxy) is 3. The van der Waals surface area contributed by atoms with Gasteiger partial charge in [-0.15, -0.1) is 0 Å². The van der Waals surface area contributed by atoms with Crippen LogP contribution in [0.4, 0.5) is 0 Å². The molecule has 11 heteroatoms. The van der Waals surface area contributed by atoms with Crippen LogP contribution in [-0.4, -0.2) is 99.6 Å². The molecule has 474 valence electrons. The fraction of sp³-hybridized carbons (Fsp3) is 0.857. The molecule has 0 saturated carbocycles. The molecule has 0 aromatic heterocycles. The van der Waals surface area contributed by atoms with E-state index in [9.17, 15) is 35.1 Å². The number of carbonyl (C=O) groups is 2. The molecular weight excluding hydrogens is 1010 g/mol. The number of rotatable bonds is 59. The van der Waals surface area contributed by atoms with Crippen molar-refractivity contribution in [3.8, 4) is 0 Å². The van der Waals surface area contributed by atoms with E-state index in [4.69, 9.17) is 14.2 Å². The summed E-state index contributed by atoms with van der Waals surface area (Å²) >= 11 is 0. The minimum atomic E-state index is -1.61. The van der Waals surface area contributed by atoms with Crippen LogP contribution in [0.2, 0.25) is 0 Å². The van der Waals surface area contributed by atoms with Crippen LogP contribution >= 0.6 is 0 Å². The van der Waals surface area contributed by atoms with Crippen molar-refractivity contribution in [2.24, 2.45) is 0 Å². The smallest absolute Gasteiger partial charge is 0.306 e. The van der Waals surface area contributed by atoms with Crippen molar-refractivity contribution in [3.05, 3.63) is 48.6 Å². The van der Waals surface area contributed by atoms with Crippen LogP contribution in [0.3, 0.4) is 0 Å². The Hall–Kier alpha value is -2.38. The summed E-state index contributed by atoms with van der Waals surface area (Å²) in [4.78, 5) is 26.6. The second-order valence-electron chi connectivity index (χ2n) is 23.9. The van der Waals surface area contributed by atoms with Crippen LogP contribution in [-0.2, 0) is 23.8 Å². The van der Waals surface area contributed by atoms with Gasteiger partial charge < -0.3 is 45.1 Å². The fourth-order valence-electron chi connectivity index (χ4n) is 10.8. The second kappa shape index (κ2) is 58.0. The van der Waals surface area contributed by atoms with Crippen LogP contribution in [0.15, 0.2) is 48.6 Å². The number of nitrogens with one attached hydrogen (secondary N) is 1. The van der Waals surface area contributed by atoms with Crippen LogP contribution in [0.1, 0.15) is 323 Å². The summed E-state index contributed by atoms with van der Waals surface area (Å²) < 4.78 is 17.7. The second-order valence-corrected chi connectivity index (χ2v) is 23.9. The summed E-state index contributed by atoms with van der Waals surface area (Å²) in [6.07, 6.45) is 61.5. The van der Waals surface area contributed by atoms with Crippen LogP contribution in [0.5, 0.6) is 0 Å². The molecule has 11 nitrogen and oxygen atoms in total. The Bertz CT molecular complexity index is 1500. The predicted octanol–water partition coefficient (Wildman–Crippen LogP) is 17.2.